The van der Waals surface area contributed by atoms with Crippen molar-refractivity contribution in [2.45, 2.75) is 17.7 Å². The van der Waals surface area contributed by atoms with Crippen molar-refractivity contribution in [1.29, 1.82) is 0 Å². The van der Waals surface area contributed by atoms with E-state index in [-0.39, 0.29) is 17.2 Å². The molecule has 4 N–H and O–H groups in total. The molecule has 0 aliphatic rings. The van der Waals surface area contributed by atoms with Gasteiger partial charge in [0.15, 0.2) is 0 Å². The zero-order valence-corrected chi connectivity index (χ0v) is 14.7. The minimum atomic E-state index is -4.30. The number of nitrogens with two attached hydrogens (primary N) is 1. The van der Waals surface area contributed by atoms with E-state index in [1.54, 1.807) is 4.72 Å². The van der Waals surface area contributed by atoms with Gasteiger partial charge in [-0.25, -0.2) is 30.3 Å². The zero-order chi connectivity index (χ0) is 18.6. The lowest BCUT2D eigenvalue weighted by molar-refractivity contribution is 0.0170. The molecule has 0 aliphatic carbocycles. The van der Waals surface area contributed by atoms with Gasteiger partial charge in [-0.1, -0.05) is 0 Å². The van der Waals surface area contributed by atoms with Crippen molar-refractivity contribution in [3.8, 4) is 5.75 Å². The van der Waals surface area contributed by atoms with E-state index >= 15 is 0 Å². The molecular formula is C12H19F2N3O5S2. The summed E-state index contributed by atoms with van der Waals surface area (Å²) in [6.45, 7) is -0.747. The van der Waals surface area contributed by atoms with E-state index in [1.807, 2.05) is 0 Å². The van der Waals surface area contributed by atoms with Crippen molar-refractivity contribution in [2.75, 3.05) is 30.7 Å². The molecule has 12 heteroatoms. The van der Waals surface area contributed by atoms with E-state index in [0.29, 0.717) is 0 Å². The van der Waals surface area contributed by atoms with E-state index in [4.69, 9.17) is 10.5 Å². The van der Waals surface area contributed by atoms with Crippen molar-refractivity contribution in [3.05, 3.63) is 18.2 Å². The molecule has 138 valence electrons. The number of rotatable bonds is 9. The van der Waals surface area contributed by atoms with Gasteiger partial charge in [0.05, 0.1) is 31.6 Å². The van der Waals surface area contributed by atoms with Gasteiger partial charge in [-0.15, -0.1) is 0 Å². The Labute approximate surface area is 139 Å². The Morgan fingerprint density at radius 1 is 1.25 bits per heavy atom. The molecule has 0 amide bonds. The Bertz CT molecular complexity index is 782. The van der Waals surface area contributed by atoms with Crippen LogP contribution in [-0.2, 0) is 20.0 Å². The first-order valence-electron chi connectivity index (χ1n) is 6.72. The fraction of sp³-hybridized carbons (Fsp3) is 0.500. The first kappa shape index (κ1) is 20.5. The molecule has 1 aromatic carbocycles. The van der Waals surface area contributed by atoms with Crippen molar-refractivity contribution >= 4 is 25.7 Å². The maximum absolute atomic E-state index is 13.1. The Morgan fingerprint density at radius 2 is 1.88 bits per heavy atom. The average molecular weight is 387 g/mol. The van der Waals surface area contributed by atoms with Crippen LogP contribution in [0.15, 0.2) is 23.1 Å². The maximum Gasteiger partial charge on any atom is 0.273 e. The molecule has 0 atom stereocenters. The Kier molecular flexibility index (Phi) is 6.50. The van der Waals surface area contributed by atoms with Gasteiger partial charge in [0.25, 0.3) is 5.92 Å². The lowest BCUT2D eigenvalue weighted by Gasteiger charge is -2.16. The van der Waals surface area contributed by atoms with Crippen LogP contribution in [0.3, 0.4) is 0 Å². The van der Waals surface area contributed by atoms with Crippen LogP contribution in [-0.4, -0.2) is 48.7 Å². The Balaban J connectivity index is 3.11. The number of benzene rings is 1. The van der Waals surface area contributed by atoms with Crippen molar-refractivity contribution in [2.24, 2.45) is 5.73 Å². The third-order valence-electron chi connectivity index (χ3n) is 2.93. The maximum atomic E-state index is 13.1. The van der Waals surface area contributed by atoms with E-state index in [0.717, 1.165) is 12.1 Å². The number of anilines is 1. The van der Waals surface area contributed by atoms with Crippen LogP contribution in [0.25, 0.3) is 0 Å². The van der Waals surface area contributed by atoms with Gasteiger partial charge in [-0.05, 0) is 19.1 Å². The second-order valence-corrected chi connectivity index (χ2v) is 8.50. The summed E-state index contributed by atoms with van der Waals surface area (Å²) in [5.41, 5.74) is 4.93. The van der Waals surface area contributed by atoms with Gasteiger partial charge in [0.2, 0.25) is 20.0 Å². The van der Waals surface area contributed by atoms with Crippen LogP contribution in [0.1, 0.15) is 6.92 Å². The summed E-state index contributed by atoms with van der Waals surface area (Å²) in [7, 11) is -6.70. The molecule has 0 aromatic heterocycles. The third-order valence-corrected chi connectivity index (χ3v) is 5.67. The lowest BCUT2D eigenvalue weighted by Crippen LogP contribution is -2.41. The summed E-state index contributed by atoms with van der Waals surface area (Å²) in [4.78, 5) is -0.405. The summed E-state index contributed by atoms with van der Waals surface area (Å²) in [5, 5.41) is 0. The summed E-state index contributed by atoms with van der Waals surface area (Å²) in [6.07, 6.45) is 0. The summed E-state index contributed by atoms with van der Waals surface area (Å²) < 4.78 is 82.4. The van der Waals surface area contributed by atoms with Crippen LogP contribution in [0, 0.1) is 0 Å². The normalized spacial score (nSPS) is 12.9. The molecule has 8 nitrogen and oxygen atoms in total. The number of alkyl halides is 2. The van der Waals surface area contributed by atoms with Crippen LogP contribution in [0.2, 0.25) is 0 Å². The standard InChI is InChI=1S/C12H19F2N3O5S2/c1-3-23(18,19)17-9-4-5-11(10(6-9)22-2)24(20,21)16-8-12(13,14)7-15/h4-6,16-17H,3,7-8,15H2,1-2H3. The Morgan fingerprint density at radius 3 is 2.38 bits per heavy atom. The van der Waals surface area contributed by atoms with E-state index in [1.165, 1.54) is 20.1 Å². The van der Waals surface area contributed by atoms with E-state index < -0.39 is 44.0 Å². The number of ether oxygens (including phenoxy) is 1. The largest absolute Gasteiger partial charge is 0.495 e. The predicted molar refractivity (Wildman–Crippen MR) is 85.3 cm³/mol. The van der Waals surface area contributed by atoms with Gasteiger partial charge in [-0.2, -0.15) is 0 Å². The monoisotopic (exact) mass is 387 g/mol. The van der Waals surface area contributed by atoms with Crippen molar-refractivity contribution in [3.63, 3.8) is 0 Å². The van der Waals surface area contributed by atoms with Crippen LogP contribution < -0.4 is 19.9 Å². The number of hydrogen-bond donors (Lipinski definition) is 3. The SMILES string of the molecule is CCS(=O)(=O)Nc1ccc(S(=O)(=O)NCC(F)(F)CN)c(OC)c1. The number of hydrogen-bond acceptors (Lipinski definition) is 6. The molecule has 0 heterocycles. The molecule has 0 saturated heterocycles. The number of sulfonamides is 2. The molecule has 1 rings (SSSR count). The molecule has 0 unspecified atom stereocenters. The summed E-state index contributed by atoms with van der Waals surface area (Å²) in [6, 6.07) is 3.38. The van der Waals surface area contributed by atoms with E-state index in [2.05, 4.69) is 4.72 Å². The fourth-order valence-corrected chi connectivity index (χ4v) is 3.40. The first-order chi connectivity index (χ1) is 11.0. The minimum absolute atomic E-state index is 0.0833. The second kappa shape index (κ2) is 7.59. The van der Waals surface area contributed by atoms with Gasteiger partial charge >= 0.3 is 0 Å². The average Bonchev–Trinajstić information content (AvgIpc) is 2.52. The van der Waals surface area contributed by atoms with E-state index in [9.17, 15) is 25.6 Å². The second-order valence-electron chi connectivity index (χ2n) is 4.76. The highest BCUT2D eigenvalue weighted by molar-refractivity contribution is 7.92. The van der Waals surface area contributed by atoms with Crippen molar-refractivity contribution < 1.29 is 30.4 Å². The molecule has 24 heavy (non-hydrogen) atoms. The molecule has 0 spiro atoms. The van der Waals surface area contributed by atoms with Crippen LogP contribution >= 0.6 is 0 Å². The summed E-state index contributed by atoms with van der Waals surface area (Å²) >= 11 is 0. The highest BCUT2D eigenvalue weighted by atomic mass is 32.2. The quantitative estimate of drug-likeness (QED) is 0.560. The molecule has 0 radical (unpaired) electrons. The first-order valence-corrected chi connectivity index (χ1v) is 9.86. The fourth-order valence-electron chi connectivity index (χ4n) is 1.56. The number of nitrogens with one attached hydrogen (secondary N) is 2. The molecular weight excluding hydrogens is 368 g/mol. The number of halogens is 2. The molecule has 0 fully saturated rings. The highest BCUT2D eigenvalue weighted by Crippen LogP contribution is 2.28. The smallest absolute Gasteiger partial charge is 0.273 e. The van der Waals surface area contributed by atoms with Gasteiger partial charge in [-0.3, -0.25) is 4.72 Å². The van der Waals surface area contributed by atoms with Crippen LogP contribution in [0.4, 0.5) is 14.5 Å². The minimum Gasteiger partial charge on any atom is -0.495 e. The van der Waals surface area contributed by atoms with Gasteiger partial charge in [0.1, 0.15) is 10.6 Å². The van der Waals surface area contributed by atoms with Gasteiger partial charge < -0.3 is 10.5 Å². The third kappa shape index (κ3) is 5.54. The molecule has 1 aromatic rings. The predicted octanol–water partition coefficient (Wildman–Crippen LogP) is 0.329. The summed E-state index contributed by atoms with van der Waals surface area (Å²) in [5.74, 6) is -3.77. The van der Waals surface area contributed by atoms with Crippen molar-refractivity contribution in [1.82, 2.24) is 4.72 Å². The zero-order valence-electron chi connectivity index (χ0n) is 13.0. The van der Waals surface area contributed by atoms with Crippen LogP contribution in [0.5, 0.6) is 5.75 Å². The lowest BCUT2D eigenvalue weighted by atomic mass is 10.3. The topological polar surface area (TPSA) is 128 Å². The molecule has 0 bridgehead atoms. The molecule has 0 aliphatic heterocycles. The molecule has 0 saturated carbocycles. The highest BCUT2D eigenvalue weighted by Gasteiger charge is 2.30. The van der Waals surface area contributed by atoms with Gasteiger partial charge in [0, 0.05) is 6.07 Å². The Hall–Kier alpha value is -1.50. The number of methoxy groups -OCH3 is 1.